The molecule has 5 nitrogen and oxygen atoms in total. The van der Waals surface area contributed by atoms with Crippen molar-refractivity contribution in [2.24, 2.45) is 5.92 Å². The highest BCUT2D eigenvalue weighted by Gasteiger charge is 2.28. The minimum atomic E-state index is -0.738. The predicted octanol–water partition coefficient (Wildman–Crippen LogP) is 3.25. The average molecular weight is 326 g/mol. The normalized spacial score (nSPS) is 17.1. The number of hydrogen-bond acceptors (Lipinski definition) is 5. The fourth-order valence-corrected chi connectivity index (χ4v) is 4.26. The fraction of sp³-hybridized carbons (Fsp3) is 0.235. The number of aliphatic carboxylic acids is 1. The Morgan fingerprint density at radius 2 is 2.09 bits per heavy atom. The maximum Gasteiger partial charge on any atom is 0.306 e. The van der Waals surface area contributed by atoms with Crippen LogP contribution in [-0.2, 0) is 17.6 Å². The number of rotatable bonds is 2. The number of benzene rings is 1. The van der Waals surface area contributed by atoms with E-state index < -0.39 is 5.97 Å². The Bertz CT molecular complexity index is 919. The predicted molar refractivity (Wildman–Crippen MR) is 87.7 cm³/mol. The standard InChI is InChI=1S/C17H14N2O3S/c20-14-4-2-1-3-10(14)13-8-12-11-7-9(17(21)22)5-6-15(11)23-16(12)19-18-13/h1-4,8-9,20H,5-7H2,(H,21,22). The summed E-state index contributed by atoms with van der Waals surface area (Å²) >= 11 is 1.59. The first-order valence-corrected chi connectivity index (χ1v) is 8.24. The van der Waals surface area contributed by atoms with Gasteiger partial charge >= 0.3 is 5.97 Å². The van der Waals surface area contributed by atoms with Gasteiger partial charge < -0.3 is 10.2 Å². The van der Waals surface area contributed by atoms with E-state index in [0.717, 1.165) is 22.2 Å². The Morgan fingerprint density at radius 3 is 2.87 bits per heavy atom. The second-order valence-corrected chi connectivity index (χ2v) is 6.83. The van der Waals surface area contributed by atoms with E-state index in [-0.39, 0.29) is 11.7 Å². The smallest absolute Gasteiger partial charge is 0.306 e. The molecule has 4 rings (SSSR count). The summed E-state index contributed by atoms with van der Waals surface area (Å²) in [4.78, 5) is 13.3. The summed E-state index contributed by atoms with van der Waals surface area (Å²) in [5.74, 6) is -0.909. The monoisotopic (exact) mass is 326 g/mol. The molecule has 2 N–H and O–H groups in total. The second kappa shape index (κ2) is 5.31. The summed E-state index contributed by atoms with van der Waals surface area (Å²) < 4.78 is 0. The number of carboxylic acids is 1. The summed E-state index contributed by atoms with van der Waals surface area (Å²) in [6.07, 6.45) is 1.99. The van der Waals surface area contributed by atoms with Crippen LogP contribution in [0.4, 0.5) is 0 Å². The highest BCUT2D eigenvalue weighted by Crippen LogP contribution is 2.39. The van der Waals surface area contributed by atoms with E-state index in [1.165, 1.54) is 4.88 Å². The maximum atomic E-state index is 11.3. The van der Waals surface area contributed by atoms with Crippen molar-refractivity contribution in [1.29, 1.82) is 0 Å². The summed E-state index contributed by atoms with van der Waals surface area (Å²) in [6, 6.07) is 8.92. The Labute approximate surface area is 136 Å². The van der Waals surface area contributed by atoms with Gasteiger partial charge in [-0.3, -0.25) is 4.79 Å². The lowest BCUT2D eigenvalue weighted by atomic mass is 9.87. The molecule has 0 aliphatic heterocycles. The zero-order valence-corrected chi connectivity index (χ0v) is 13.0. The van der Waals surface area contributed by atoms with Crippen molar-refractivity contribution >= 4 is 27.5 Å². The summed E-state index contributed by atoms with van der Waals surface area (Å²) in [7, 11) is 0. The van der Waals surface area contributed by atoms with Gasteiger partial charge in [0.2, 0.25) is 0 Å². The highest BCUT2D eigenvalue weighted by atomic mass is 32.1. The molecule has 0 bridgehead atoms. The van der Waals surface area contributed by atoms with Crippen LogP contribution in [-0.4, -0.2) is 26.4 Å². The van der Waals surface area contributed by atoms with E-state index in [1.54, 1.807) is 29.5 Å². The first-order chi connectivity index (χ1) is 11.1. The minimum absolute atomic E-state index is 0.161. The topological polar surface area (TPSA) is 83.3 Å². The number of carbonyl (C=O) groups is 1. The van der Waals surface area contributed by atoms with Crippen molar-refractivity contribution < 1.29 is 15.0 Å². The van der Waals surface area contributed by atoms with Crippen LogP contribution in [0.5, 0.6) is 5.75 Å². The number of nitrogens with zero attached hydrogens (tertiary/aromatic N) is 2. The van der Waals surface area contributed by atoms with Crippen LogP contribution >= 0.6 is 11.3 Å². The molecule has 0 radical (unpaired) electrons. The lowest BCUT2D eigenvalue weighted by molar-refractivity contribution is -0.142. The molecular weight excluding hydrogens is 312 g/mol. The molecule has 1 atom stereocenters. The van der Waals surface area contributed by atoms with Gasteiger partial charge in [-0.05, 0) is 43.0 Å². The number of phenols is 1. The molecule has 116 valence electrons. The molecule has 1 unspecified atom stereocenters. The number of thiophene rings is 1. The number of para-hydroxylation sites is 1. The zero-order valence-electron chi connectivity index (χ0n) is 12.2. The Morgan fingerprint density at radius 1 is 1.26 bits per heavy atom. The summed E-state index contributed by atoms with van der Waals surface area (Å²) in [5, 5.41) is 28.7. The first kappa shape index (κ1) is 14.1. The van der Waals surface area contributed by atoms with Crippen LogP contribution in [0.2, 0.25) is 0 Å². The van der Waals surface area contributed by atoms with Crippen molar-refractivity contribution in [3.63, 3.8) is 0 Å². The van der Waals surface area contributed by atoms with Gasteiger partial charge in [0.1, 0.15) is 10.6 Å². The van der Waals surface area contributed by atoms with E-state index in [0.29, 0.717) is 24.1 Å². The minimum Gasteiger partial charge on any atom is -0.507 e. The highest BCUT2D eigenvalue weighted by molar-refractivity contribution is 7.18. The van der Waals surface area contributed by atoms with Crippen LogP contribution in [0, 0.1) is 5.92 Å². The molecule has 23 heavy (non-hydrogen) atoms. The molecule has 6 heteroatoms. The number of hydrogen-bond donors (Lipinski definition) is 2. The van der Waals surface area contributed by atoms with Crippen molar-refractivity contribution in [3.8, 4) is 17.0 Å². The number of carboxylic acid groups (broad SMARTS) is 1. The van der Waals surface area contributed by atoms with Crippen LogP contribution in [0.25, 0.3) is 21.5 Å². The third-order valence-electron chi connectivity index (χ3n) is 4.34. The Hall–Kier alpha value is -2.47. The van der Waals surface area contributed by atoms with Crippen LogP contribution in [0.1, 0.15) is 16.9 Å². The third-order valence-corrected chi connectivity index (χ3v) is 5.53. The molecule has 1 aromatic carbocycles. The van der Waals surface area contributed by atoms with Gasteiger partial charge in [0.15, 0.2) is 0 Å². The van der Waals surface area contributed by atoms with Crippen LogP contribution in [0.15, 0.2) is 30.3 Å². The van der Waals surface area contributed by atoms with Gasteiger partial charge in [-0.25, -0.2) is 0 Å². The molecule has 0 saturated heterocycles. The van der Waals surface area contributed by atoms with E-state index >= 15 is 0 Å². The van der Waals surface area contributed by atoms with Gasteiger partial charge in [0.25, 0.3) is 0 Å². The molecule has 1 aliphatic carbocycles. The van der Waals surface area contributed by atoms with E-state index in [2.05, 4.69) is 10.2 Å². The lowest BCUT2D eigenvalue weighted by Crippen LogP contribution is -2.21. The van der Waals surface area contributed by atoms with Gasteiger partial charge in [-0.2, -0.15) is 0 Å². The molecule has 3 aromatic rings. The lowest BCUT2D eigenvalue weighted by Gasteiger charge is -2.18. The van der Waals surface area contributed by atoms with Gasteiger partial charge in [-0.1, -0.05) is 12.1 Å². The van der Waals surface area contributed by atoms with Crippen molar-refractivity contribution in [2.75, 3.05) is 0 Å². The molecule has 2 heterocycles. The third kappa shape index (κ3) is 2.35. The number of aromatic nitrogens is 2. The first-order valence-electron chi connectivity index (χ1n) is 7.42. The molecule has 0 spiro atoms. The SMILES string of the molecule is O=C(O)C1CCc2sc3nnc(-c4ccccc4O)cc3c2C1. The number of fused-ring (bicyclic) bond motifs is 3. The molecule has 0 amide bonds. The van der Waals surface area contributed by atoms with Crippen LogP contribution < -0.4 is 0 Å². The summed E-state index contributed by atoms with van der Waals surface area (Å²) in [6.45, 7) is 0. The Balaban J connectivity index is 1.85. The molecule has 0 fully saturated rings. The second-order valence-electron chi connectivity index (χ2n) is 5.75. The van der Waals surface area contributed by atoms with Crippen molar-refractivity contribution in [1.82, 2.24) is 10.2 Å². The number of aromatic hydroxyl groups is 1. The van der Waals surface area contributed by atoms with Gasteiger partial charge in [0.05, 0.1) is 11.6 Å². The largest absolute Gasteiger partial charge is 0.507 e. The fourth-order valence-electron chi connectivity index (χ4n) is 3.11. The van der Waals surface area contributed by atoms with Crippen molar-refractivity contribution in [2.45, 2.75) is 19.3 Å². The maximum absolute atomic E-state index is 11.3. The van der Waals surface area contributed by atoms with Gasteiger partial charge in [0, 0.05) is 15.8 Å². The van der Waals surface area contributed by atoms with E-state index in [4.69, 9.17) is 0 Å². The van der Waals surface area contributed by atoms with E-state index in [1.807, 2.05) is 12.1 Å². The average Bonchev–Trinajstić information content (AvgIpc) is 2.92. The summed E-state index contributed by atoms with van der Waals surface area (Å²) in [5.41, 5.74) is 2.32. The zero-order chi connectivity index (χ0) is 16.0. The van der Waals surface area contributed by atoms with E-state index in [9.17, 15) is 15.0 Å². The van der Waals surface area contributed by atoms with Crippen molar-refractivity contribution in [3.05, 3.63) is 40.8 Å². The number of phenolic OH excluding ortho intramolecular Hbond substituents is 1. The molecule has 0 saturated carbocycles. The molecule has 2 aromatic heterocycles. The number of aryl methyl sites for hydroxylation is 1. The molecular formula is C17H14N2O3S. The Kier molecular flexibility index (Phi) is 3.27. The van der Waals surface area contributed by atoms with Gasteiger partial charge in [-0.15, -0.1) is 21.5 Å². The van der Waals surface area contributed by atoms with Crippen LogP contribution in [0.3, 0.4) is 0 Å². The quantitative estimate of drug-likeness (QED) is 0.755. The molecule has 1 aliphatic rings.